The molecule has 6 heterocycles. The maximum Gasteiger partial charge on any atom is 0.407 e. The molecule has 344 valence electrons. The maximum absolute atomic E-state index is 13.8. The number of methoxy groups -OCH3 is 2. The number of carbonyl (C=O) groups excluding carboxylic acids is 4. The Bertz CT molecular complexity index is 2570. The van der Waals surface area contributed by atoms with Gasteiger partial charge in [0.05, 0.1) is 61.3 Å². The standard InChI is InChI=1S/C49H61N9O7/c1-27(2)41(54-48(61)63-5)45(59)56-20-10-14-37(56)43-50-25-34(52-43)30-17-19-36-32(22-30)23-39-33-18-16-31(24-40(33)65-47(58(36)39)29-12-8-7-9-13-29)35-26-51-44(53-35)38-15-11-21-57(38)46(60)42(28(3)4)55-49(62)64-6/h16-19,22-29,37-38,41-42,47H,7-15,20-21H2,1-6H3,(H,50,52)(H,51,53)(H,54,61)(H,55,62)/t37-,38-,41-,42-,47?/m0/s1. The Morgan fingerprint density at radius 2 is 1.23 bits per heavy atom. The molecule has 2 aromatic carbocycles. The number of nitrogens with one attached hydrogen (secondary N) is 4. The molecule has 0 bridgehead atoms. The molecule has 16 heteroatoms. The Kier molecular flexibility index (Phi) is 12.3. The van der Waals surface area contributed by atoms with E-state index in [1.807, 2.05) is 49.9 Å². The third-order valence-electron chi connectivity index (χ3n) is 14.0. The lowest BCUT2D eigenvalue weighted by atomic mass is 9.87. The minimum atomic E-state index is -0.706. The van der Waals surface area contributed by atoms with E-state index in [0.29, 0.717) is 24.8 Å². The number of benzene rings is 2. The number of rotatable bonds is 11. The Labute approximate surface area is 379 Å². The van der Waals surface area contributed by atoms with Crippen molar-refractivity contribution in [1.82, 2.24) is 44.9 Å². The van der Waals surface area contributed by atoms with Crippen LogP contribution in [0.4, 0.5) is 9.59 Å². The van der Waals surface area contributed by atoms with Gasteiger partial charge in [-0.25, -0.2) is 19.6 Å². The quantitative estimate of drug-likeness (QED) is 0.101. The first kappa shape index (κ1) is 43.9. The summed E-state index contributed by atoms with van der Waals surface area (Å²) in [6, 6.07) is 13.2. The number of nitrogens with zero attached hydrogens (tertiary/aromatic N) is 5. The number of amides is 4. The van der Waals surface area contributed by atoms with Crippen molar-refractivity contribution in [2.24, 2.45) is 17.8 Å². The number of aromatic nitrogens is 5. The molecule has 65 heavy (non-hydrogen) atoms. The third kappa shape index (κ3) is 8.43. The van der Waals surface area contributed by atoms with Gasteiger partial charge in [-0.1, -0.05) is 59.1 Å². The predicted octanol–water partition coefficient (Wildman–Crippen LogP) is 8.65. The zero-order valence-electron chi connectivity index (χ0n) is 38.2. The second-order valence-corrected chi connectivity index (χ2v) is 18.7. The molecule has 4 N–H and O–H groups in total. The van der Waals surface area contributed by atoms with Crippen LogP contribution in [0.25, 0.3) is 44.7 Å². The first-order chi connectivity index (χ1) is 31.4. The average Bonchev–Trinajstić information content (AvgIpc) is 4.18. The van der Waals surface area contributed by atoms with E-state index in [2.05, 4.69) is 67.6 Å². The molecular weight excluding hydrogens is 827 g/mol. The molecule has 0 spiro atoms. The largest absolute Gasteiger partial charge is 0.469 e. The van der Waals surface area contributed by atoms with Crippen molar-refractivity contribution in [2.45, 2.75) is 116 Å². The average molecular weight is 888 g/mol. The molecule has 1 unspecified atom stereocenters. The second-order valence-electron chi connectivity index (χ2n) is 18.7. The molecular formula is C49H61N9O7. The van der Waals surface area contributed by atoms with Crippen LogP contribution in [0.1, 0.15) is 115 Å². The Morgan fingerprint density at radius 3 is 1.77 bits per heavy atom. The second kappa shape index (κ2) is 18.3. The maximum atomic E-state index is 13.8. The molecule has 5 atom stereocenters. The van der Waals surface area contributed by atoms with Crippen molar-refractivity contribution in [3.8, 4) is 39.5 Å². The van der Waals surface area contributed by atoms with Crippen molar-refractivity contribution < 1.29 is 33.4 Å². The number of alkyl carbamates (subject to hydrolysis) is 2. The summed E-state index contributed by atoms with van der Waals surface area (Å²) in [7, 11) is 2.60. The van der Waals surface area contributed by atoms with E-state index in [0.717, 1.165) is 94.8 Å². The van der Waals surface area contributed by atoms with Crippen LogP contribution in [0.15, 0.2) is 54.9 Å². The molecule has 5 aromatic rings. The van der Waals surface area contributed by atoms with E-state index in [1.54, 1.807) is 0 Å². The van der Waals surface area contributed by atoms with E-state index in [9.17, 15) is 19.2 Å². The number of hydrogen-bond donors (Lipinski definition) is 4. The minimum Gasteiger partial charge on any atom is -0.469 e. The Balaban J connectivity index is 0.992. The van der Waals surface area contributed by atoms with E-state index in [1.165, 1.54) is 33.5 Å². The molecule has 9 rings (SSSR count). The number of hydrogen-bond acceptors (Lipinski definition) is 9. The molecule has 1 aliphatic carbocycles. The van der Waals surface area contributed by atoms with Crippen LogP contribution < -0.4 is 15.4 Å². The molecule has 3 aromatic heterocycles. The van der Waals surface area contributed by atoms with E-state index in [-0.39, 0.29) is 42.0 Å². The normalized spacial score (nSPS) is 20.6. The van der Waals surface area contributed by atoms with Crippen molar-refractivity contribution >= 4 is 34.9 Å². The van der Waals surface area contributed by atoms with Gasteiger partial charge in [0.2, 0.25) is 11.8 Å². The Morgan fingerprint density at radius 1 is 0.692 bits per heavy atom. The van der Waals surface area contributed by atoms with E-state index in [4.69, 9.17) is 24.2 Å². The highest BCUT2D eigenvalue weighted by Crippen LogP contribution is 2.48. The molecule has 2 saturated heterocycles. The highest BCUT2D eigenvalue weighted by molar-refractivity contribution is 5.92. The highest BCUT2D eigenvalue weighted by Gasteiger charge is 2.40. The van der Waals surface area contributed by atoms with Crippen LogP contribution in [0.2, 0.25) is 0 Å². The van der Waals surface area contributed by atoms with Gasteiger partial charge in [0.15, 0.2) is 6.23 Å². The molecule has 4 aliphatic rings. The lowest BCUT2D eigenvalue weighted by Gasteiger charge is -2.37. The fourth-order valence-electron chi connectivity index (χ4n) is 10.5. The van der Waals surface area contributed by atoms with Crippen LogP contribution in [0, 0.1) is 17.8 Å². The summed E-state index contributed by atoms with van der Waals surface area (Å²) in [4.78, 5) is 72.1. The summed E-state index contributed by atoms with van der Waals surface area (Å²) in [5, 5.41) is 6.55. The highest BCUT2D eigenvalue weighted by atomic mass is 16.5. The number of carbonyl (C=O) groups is 4. The van der Waals surface area contributed by atoms with Gasteiger partial charge in [-0.15, -0.1) is 0 Å². The monoisotopic (exact) mass is 887 g/mol. The smallest absolute Gasteiger partial charge is 0.407 e. The van der Waals surface area contributed by atoms with Gasteiger partial charge >= 0.3 is 12.2 Å². The SMILES string of the molecule is COC(=O)N[C@H](C(=O)N1CCC[C@H]1c1ncc(-c2ccc3c(c2)OC(C2CCCCC2)n2c-3cc3cc(-c4cnc([C@@H]5CCCN5C(=O)[C@@H](NC(=O)OC)C(C)C)[nH]4)ccc32)[nH]1)C(C)C. The van der Waals surface area contributed by atoms with Crippen LogP contribution in [0.5, 0.6) is 5.75 Å². The van der Waals surface area contributed by atoms with Gasteiger partial charge in [0, 0.05) is 41.1 Å². The van der Waals surface area contributed by atoms with Crippen molar-refractivity contribution in [2.75, 3.05) is 27.3 Å². The van der Waals surface area contributed by atoms with Crippen LogP contribution in [-0.4, -0.2) is 97.7 Å². The van der Waals surface area contributed by atoms with Gasteiger partial charge in [0.1, 0.15) is 29.5 Å². The number of likely N-dealkylation sites (tertiary alicyclic amines) is 2. The van der Waals surface area contributed by atoms with Crippen LogP contribution in [-0.2, 0) is 19.1 Å². The van der Waals surface area contributed by atoms with E-state index >= 15 is 0 Å². The van der Waals surface area contributed by atoms with Gasteiger partial charge in [-0.3, -0.25) is 9.59 Å². The van der Waals surface area contributed by atoms with Gasteiger partial charge < -0.3 is 49.2 Å². The van der Waals surface area contributed by atoms with Crippen molar-refractivity contribution in [3.63, 3.8) is 0 Å². The van der Waals surface area contributed by atoms with Gasteiger partial charge in [-0.2, -0.15) is 0 Å². The number of H-pyrrole nitrogens is 2. The lowest BCUT2D eigenvalue weighted by molar-refractivity contribution is -0.136. The number of ether oxygens (including phenoxy) is 3. The first-order valence-electron chi connectivity index (χ1n) is 23.3. The summed E-state index contributed by atoms with van der Waals surface area (Å²) >= 11 is 0. The van der Waals surface area contributed by atoms with Crippen LogP contribution in [0.3, 0.4) is 0 Å². The topological polar surface area (TPSA) is 189 Å². The molecule has 3 fully saturated rings. The van der Waals surface area contributed by atoms with Crippen molar-refractivity contribution in [3.05, 3.63) is 66.5 Å². The molecule has 3 aliphatic heterocycles. The summed E-state index contributed by atoms with van der Waals surface area (Å²) in [5.41, 5.74) is 6.87. The fourth-order valence-corrected chi connectivity index (χ4v) is 10.5. The number of imidazole rings is 2. The Hall–Kier alpha value is -6.32. The fraction of sp³-hybridized carbons (Fsp3) is 0.510. The molecule has 1 saturated carbocycles. The summed E-state index contributed by atoms with van der Waals surface area (Å²) in [5.74, 6) is 2.10. The predicted molar refractivity (Wildman–Crippen MR) is 244 cm³/mol. The number of fused-ring (bicyclic) bond motifs is 5. The number of aromatic amines is 2. The molecule has 16 nitrogen and oxygen atoms in total. The third-order valence-corrected chi connectivity index (χ3v) is 14.0. The van der Waals surface area contributed by atoms with E-state index < -0.39 is 24.3 Å². The van der Waals surface area contributed by atoms with Crippen LogP contribution >= 0.6 is 0 Å². The molecule has 0 radical (unpaired) electrons. The zero-order valence-corrected chi connectivity index (χ0v) is 38.2. The van der Waals surface area contributed by atoms with Crippen molar-refractivity contribution in [1.29, 1.82) is 0 Å². The lowest BCUT2D eigenvalue weighted by Crippen LogP contribution is -2.51. The summed E-state index contributed by atoms with van der Waals surface area (Å²) in [6.45, 7) is 8.82. The van der Waals surface area contributed by atoms with Gasteiger partial charge in [-0.05, 0) is 80.7 Å². The summed E-state index contributed by atoms with van der Waals surface area (Å²) in [6.07, 6.45) is 11.3. The van der Waals surface area contributed by atoms with Gasteiger partial charge in [0.25, 0.3) is 0 Å². The minimum absolute atomic E-state index is 0.117. The first-order valence-corrected chi connectivity index (χ1v) is 23.3. The summed E-state index contributed by atoms with van der Waals surface area (Å²) < 4.78 is 19.1. The molecule has 4 amide bonds. The zero-order chi connectivity index (χ0) is 45.5.